The van der Waals surface area contributed by atoms with Gasteiger partial charge in [-0.3, -0.25) is 9.69 Å². The highest BCUT2D eigenvalue weighted by atomic mass is 19.3. The number of carbonyl (C=O) groups is 1. The zero-order chi connectivity index (χ0) is 23.2. The number of amides is 1. The van der Waals surface area contributed by atoms with Crippen LogP contribution in [0.5, 0.6) is 0 Å². The van der Waals surface area contributed by atoms with E-state index in [0.29, 0.717) is 62.2 Å². The van der Waals surface area contributed by atoms with Gasteiger partial charge in [0.25, 0.3) is 5.92 Å². The number of anilines is 2. The molecule has 0 spiro atoms. The summed E-state index contributed by atoms with van der Waals surface area (Å²) in [5, 5.41) is 4.35. The maximum Gasteiger partial charge on any atom is 0.257 e. The Bertz CT molecular complexity index is 1140. The summed E-state index contributed by atoms with van der Waals surface area (Å²) < 4.78 is 33.4. The lowest BCUT2D eigenvalue weighted by atomic mass is 10.1. The number of hydrogen-bond acceptors (Lipinski definition) is 8. The van der Waals surface area contributed by atoms with Crippen molar-refractivity contribution in [3.63, 3.8) is 0 Å². The highest BCUT2D eigenvalue weighted by Crippen LogP contribution is 2.28. The number of carbonyl (C=O) groups excluding carboxylic acids is 1. The van der Waals surface area contributed by atoms with Crippen molar-refractivity contribution in [3.05, 3.63) is 24.5 Å². The van der Waals surface area contributed by atoms with Gasteiger partial charge in [0, 0.05) is 45.7 Å². The third-order valence-electron chi connectivity index (χ3n) is 6.10. The Morgan fingerprint density at radius 2 is 2.03 bits per heavy atom. The molecular weight excluding hydrogens is 434 g/mol. The van der Waals surface area contributed by atoms with Gasteiger partial charge in [0.05, 0.1) is 12.8 Å². The van der Waals surface area contributed by atoms with Crippen LogP contribution in [-0.4, -0.2) is 86.5 Å². The summed E-state index contributed by atoms with van der Waals surface area (Å²) in [6, 6.07) is 4.91. The molecule has 3 aromatic heterocycles. The summed E-state index contributed by atoms with van der Waals surface area (Å²) >= 11 is 0. The lowest BCUT2D eigenvalue weighted by molar-refractivity contribution is -0.134. The molecule has 5 heterocycles. The number of piperazine rings is 1. The number of nitrogens with two attached hydrogens (primary N) is 1. The first-order valence-electron chi connectivity index (χ1n) is 11.0. The number of rotatable bonds is 5. The van der Waals surface area contributed by atoms with Crippen LogP contribution in [0.4, 0.5) is 20.5 Å². The van der Waals surface area contributed by atoms with E-state index in [1.54, 1.807) is 34.3 Å². The second-order valence-corrected chi connectivity index (χ2v) is 8.68. The SMILES string of the molecule is CC(F)(F)CN1CCN(C(=O)[C@@H]2CCCN2c2cc3nc(-c4ccco4)nn3c(N)n2)CC1. The van der Waals surface area contributed by atoms with Crippen LogP contribution >= 0.6 is 0 Å². The molecule has 1 amide bonds. The van der Waals surface area contributed by atoms with Crippen molar-refractivity contribution in [2.75, 3.05) is 49.9 Å². The molecule has 3 aromatic rings. The minimum absolute atomic E-state index is 0.00612. The van der Waals surface area contributed by atoms with E-state index in [0.717, 1.165) is 13.3 Å². The van der Waals surface area contributed by atoms with Crippen molar-refractivity contribution in [2.24, 2.45) is 0 Å². The number of furan rings is 1. The predicted octanol–water partition coefficient (Wildman–Crippen LogP) is 1.73. The number of nitrogen functional groups attached to an aromatic ring is 1. The summed E-state index contributed by atoms with van der Waals surface area (Å²) in [4.78, 5) is 27.7. The van der Waals surface area contributed by atoms with Gasteiger partial charge in [-0.15, -0.1) is 5.10 Å². The molecule has 0 unspecified atom stereocenters. The molecule has 33 heavy (non-hydrogen) atoms. The van der Waals surface area contributed by atoms with Gasteiger partial charge >= 0.3 is 0 Å². The Labute approximate surface area is 189 Å². The number of nitrogens with zero attached hydrogens (tertiary/aromatic N) is 7. The lowest BCUT2D eigenvalue weighted by Crippen LogP contribution is -2.55. The Kier molecular flexibility index (Phi) is 5.39. The van der Waals surface area contributed by atoms with Crippen molar-refractivity contribution in [2.45, 2.75) is 31.7 Å². The molecule has 0 saturated carbocycles. The van der Waals surface area contributed by atoms with E-state index in [9.17, 15) is 13.6 Å². The van der Waals surface area contributed by atoms with Gasteiger partial charge in [-0.05, 0) is 25.0 Å². The van der Waals surface area contributed by atoms with Gasteiger partial charge in [0.1, 0.15) is 11.9 Å². The summed E-state index contributed by atoms with van der Waals surface area (Å²) in [5.41, 5.74) is 6.66. The first-order valence-corrected chi connectivity index (χ1v) is 11.0. The predicted molar refractivity (Wildman–Crippen MR) is 117 cm³/mol. The van der Waals surface area contributed by atoms with Crippen LogP contribution in [0.1, 0.15) is 19.8 Å². The number of hydrogen-bond donors (Lipinski definition) is 1. The van der Waals surface area contributed by atoms with E-state index in [1.807, 2.05) is 4.90 Å². The summed E-state index contributed by atoms with van der Waals surface area (Å²) in [7, 11) is 0. The van der Waals surface area contributed by atoms with Crippen LogP contribution in [0.2, 0.25) is 0 Å². The van der Waals surface area contributed by atoms with Gasteiger partial charge in [-0.2, -0.15) is 9.50 Å². The van der Waals surface area contributed by atoms with Gasteiger partial charge in [0.15, 0.2) is 11.4 Å². The molecule has 1 atom stereocenters. The van der Waals surface area contributed by atoms with E-state index >= 15 is 0 Å². The third kappa shape index (κ3) is 4.34. The zero-order valence-electron chi connectivity index (χ0n) is 18.3. The van der Waals surface area contributed by atoms with Crippen LogP contribution < -0.4 is 10.6 Å². The highest BCUT2D eigenvalue weighted by Gasteiger charge is 2.37. The minimum Gasteiger partial charge on any atom is -0.461 e. The largest absolute Gasteiger partial charge is 0.461 e. The minimum atomic E-state index is -2.74. The second-order valence-electron chi connectivity index (χ2n) is 8.68. The van der Waals surface area contributed by atoms with E-state index in [1.165, 1.54) is 4.52 Å². The molecule has 0 bridgehead atoms. The molecule has 2 fully saturated rings. The standard InChI is InChI=1S/C21H26F2N8O2/c1-21(22,23)13-28-7-9-29(10-8-28)19(32)14-4-2-6-30(14)16-12-17-25-18(15-5-3-11-33-15)27-31(17)20(24)26-16/h3,5,11-12,14H,2,4,6-10,13H2,1H3,(H2,24,26)/t14-/m0/s1. The molecule has 2 aliphatic heterocycles. The molecule has 5 rings (SSSR count). The molecule has 0 radical (unpaired) electrons. The van der Waals surface area contributed by atoms with Crippen molar-refractivity contribution in [1.29, 1.82) is 0 Å². The molecule has 0 aromatic carbocycles. The Morgan fingerprint density at radius 3 is 2.73 bits per heavy atom. The summed E-state index contributed by atoms with van der Waals surface area (Å²) in [6.07, 6.45) is 3.08. The van der Waals surface area contributed by atoms with Gasteiger partial charge in [0.2, 0.25) is 17.7 Å². The third-order valence-corrected chi connectivity index (χ3v) is 6.10. The first kappa shape index (κ1) is 21.6. The summed E-state index contributed by atoms with van der Waals surface area (Å²) in [5.74, 6) is -1.09. The van der Waals surface area contributed by atoms with E-state index in [2.05, 4.69) is 15.1 Å². The molecule has 176 valence electrons. The van der Waals surface area contributed by atoms with Crippen LogP contribution in [0, 0.1) is 0 Å². The number of halogens is 2. The molecule has 0 aliphatic carbocycles. The molecule has 10 nitrogen and oxygen atoms in total. The van der Waals surface area contributed by atoms with E-state index < -0.39 is 5.92 Å². The van der Waals surface area contributed by atoms with E-state index in [-0.39, 0.29) is 24.4 Å². The number of fused-ring (bicyclic) bond motifs is 1. The fourth-order valence-corrected chi connectivity index (χ4v) is 4.58. The molecular formula is C21H26F2N8O2. The average Bonchev–Trinajstić information content (AvgIpc) is 3.52. The van der Waals surface area contributed by atoms with Crippen molar-refractivity contribution >= 4 is 23.3 Å². The second kappa shape index (κ2) is 8.25. The molecule has 2 N–H and O–H groups in total. The fourth-order valence-electron chi connectivity index (χ4n) is 4.58. The van der Waals surface area contributed by atoms with Gasteiger partial charge < -0.3 is 20.0 Å². The van der Waals surface area contributed by atoms with Crippen molar-refractivity contribution in [1.82, 2.24) is 29.4 Å². The molecule has 2 saturated heterocycles. The Balaban J connectivity index is 1.33. The highest BCUT2D eigenvalue weighted by molar-refractivity contribution is 5.86. The van der Waals surface area contributed by atoms with Crippen LogP contribution in [0.3, 0.4) is 0 Å². The first-order chi connectivity index (χ1) is 15.8. The molecule has 2 aliphatic rings. The maximum absolute atomic E-state index is 13.3. The van der Waals surface area contributed by atoms with Crippen LogP contribution in [0.25, 0.3) is 17.2 Å². The fraction of sp³-hybridized carbons (Fsp3) is 0.524. The topological polar surface area (TPSA) is 109 Å². The van der Waals surface area contributed by atoms with Crippen LogP contribution in [-0.2, 0) is 4.79 Å². The normalized spacial score (nSPS) is 20.2. The van der Waals surface area contributed by atoms with Gasteiger partial charge in [-0.25, -0.2) is 13.8 Å². The van der Waals surface area contributed by atoms with Crippen LogP contribution in [0.15, 0.2) is 28.9 Å². The average molecular weight is 460 g/mol. The van der Waals surface area contributed by atoms with Crippen molar-refractivity contribution in [3.8, 4) is 11.6 Å². The number of aromatic nitrogens is 4. The quantitative estimate of drug-likeness (QED) is 0.613. The monoisotopic (exact) mass is 460 g/mol. The van der Waals surface area contributed by atoms with Gasteiger partial charge in [-0.1, -0.05) is 0 Å². The number of alkyl halides is 2. The summed E-state index contributed by atoms with van der Waals surface area (Å²) in [6.45, 7) is 3.05. The maximum atomic E-state index is 13.3. The smallest absolute Gasteiger partial charge is 0.257 e. The Morgan fingerprint density at radius 1 is 1.24 bits per heavy atom. The zero-order valence-corrected chi connectivity index (χ0v) is 18.3. The Hall–Kier alpha value is -3.28. The van der Waals surface area contributed by atoms with Crippen molar-refractivity contribution < 1.29 is 18.0 Å². The molecule has 12 heteroatoms. The van der Waals surface area contributed by atoms with E-state index in [4.69, 9.17) is 10.2 Å². The lowest BCUT2D eigenvalue weighted by Gasteiger charge is -2.38.